The number of rotatable bonds is 4. The molecule has 1 fully saturated rings. The van der Waals surface area contributed by atoms with Gasteiger partial charge in [-0.15, -0.1) is 0 Å². The van der Waals surface area contributed by atoms with Crippen LogP contribution in [0.2, 0.25) is 0 Å². The third-order valence-corrected chi connectivity index (χ3v) is 3.37. The Balaban J connectivity index is 2.10. The molecular weight excluding hydrogens is 258 g/mol. The Morgan fingerprint density at radius 1 is 1.50 bits per heavy atom. The fourth-order valence-corrected chi connectivity index (χ4v) is 2.37. The molecule has 0 aliphatic carbocycles. The van der Waals surface area contributed by atoms with Crippen LogP contribution in [-0.4, -0.2) is 35.0 Å². The molecule has 108 valence electrons. The van der Waals surface area contributed by atoms with E-state index in [0.717, 1.165) is 0 Å². The fraction of sp³-hybridized carbons (Fsp3) is 0.467. The molecule has 1 amide bonds. The maximum absolute atomic E-state index is 11.7. The highest BCUT2D eigenvalue weighted by atomic mass is 16.5. The first-order valence-corrected chi connectivity index (χ1v) is 6.78. The van der Waals surface area contributed by atoms with Crippen molar-refractivity contribution in [2.75, 3.05) is 13.2 Å². The van der Waals surface area contributed by atoms with Crippen LogP contribution in [-0.2, 0) is 16.1 Å². The molecule has 1 aromatic rings. The summed E-state index contributed by atoms with van der Waals surface area (Å²) in [7, 11) is 0. The lowest BCUT2D eigenvalue weighted by molar-refractivity contribution is -0.128. The lowest BCUT2D eigenvalue weighted by Crippen LogP contribution is -2.24. The van der Waals surface area contributed by atoms with Gasteiger partial charge in [0.25, 0.3) is 0 Å². The largest absolute Gasteiger partial charge is 0.508 e. The van der Waals surface area contributed by atoms with E-state index in [9.17, 15) is 14.7 Å². The minimum atomic E-state index is -0.458. The van der Waals surface area contributed by atoms with Crippen LogP contribution in [0.25, 0.3) is 0 Å². The predicted octanol–water partition coefficient (Wildman–Crippen LogP) is 1.94. The topological polar surface area (TPSA) is 66.8 Å². The normalized spacial score (nSPS) is 18.4. The number of esters is 1. The minimum absolute atomic E-state index is 0.0166. The first-order valence-electron chi connectivity index (χ1n) is 6.78. The number of likely N-dealkylation sites (tertiary alicyclic amines) is 1. The van der Waals surface area contributed by atoms with Crippen LogP contribution in [0.5, 0.6) is 5.75 Å². The van der Waals surface area contributed by atoms with Gasteiger partial charge in [0.15, 0.2) is 0 Å². The number of phenolic OH excluding ortho intramolecular Hbond substituents is 1. The van der Waals surface area contributed by atoms with Crippen molar-refractivity contribution in [2.45, 2.75) is 26.8 Å². The molecule has 5 nitrogen and oxygen atoms in total. The quantitative estimate of drug-likeness (QED) is 0.854. The average Bonchev–Trinajstić information content (AvgIpc) is 2.70. The second kappa shape index (κ2) is 5.94. The molecule has 20 heavy (non-hydrogen) atoms. The maximum Gasteiger partial charge on any atom is 0.338 e. The Labute approximate surface area is 118 Å². The van der Waals surface area contributed by atoms with Crippen molar-refractivity contribution < 1.29 is 19.4 Å². The second-order valence-electron chi connectivity index (χ2n) is 5.15. The molecule has 0 radical (unpaired) electrons. The van der Waals surface area contributed by atoms with Gasteiger partial charge in [0.1, 0.15) is 5.75 Å². The number of nitrogens with zero attached hydrogens (tertiary/aromatic N) is 1. The third kappa shape index (κ3) is 3.10. The van der Waals surface area contributed by atoms with Crippen LogP contribution in [0.3, 0.4) is 0 Å². The summed E-state index contributed by atoms with van der Waals surface area (Å²) < 4.78 is 4.87. The molecule has 0 bridgehead atoms. The Kier molecular flexibility index (Phi) is 4.27. The van der Waals surface area contributed by atoms with E-state index in [1.807, 2.05) is 6.92 Å². The summed E-state index contributed by atoms with van der Waals surface area (Å²) >= 11 is 0. The van der Waals surface area contributed by atoms with Crippen molar-refractivity contribution in [3.63, 3.8) is 0 Å². The predicted molar refractivity (Wildman–Crippen MR) is 73.3 cm³/mol. The van der Waals surface area contributed by atoms with E-state index in [0.29, 0.717) is 43.2 Å². The summed E-state index contributed by atoms with van der Waals surface area (Å²) in [6.45, 7) is 5.13. The molecule has 2 rings (SSSR count). The smallest absolute Gasteiger partial charge is 0.338 e. The molecule has 1 N–H and O–H groups in total. The van der Waals surface area contributed by atoms with Crippen LogP contribution in [0.4, 0.5) is 0 Å². The summed E-state index contributed by atoms with van der Waals surface area (Å²) in [4.78, 5) is 25.0. The van der Waals surface area contributed by atoms with Crippen LogP contribution in [0.15, 0.2) is 18.2 Å². The first kappa shape index (κ1) is 14.4. The molecule has 1 aromatic carbocycles. The van der Waals surface area contributed by atoms with Gasteiger partial charge in [-0.2, -0.15) is 0 Å². The van der Waals surface area contributed by atoms with Gasteiger partial charge in [0.2, 0.25) is 5.91 Å². The lowest BCUT2D eigenvalue weighted by atomic mass is 10.1. The lowest BCUT2D eigenvalue weighted by Gasteiger charge is -2.17. The molecule has 0 saturated carbocycles. The molecular formula is C15H19NO4. The van der Waals surface area contributed by atoms with Crippen LogP contribution >= 0.6 is 0 Å². The SMILES string of the molecule is CCOC(=O)c1ccc(CN2CC(C)CC2=O)c(O)c1. The van der Waals surface area contributed by atoms with Crippen molar-refractivity contribution in [1.29, 1.82) is 0 Å². The molecule has 1 saturated heterocycles. The molecule has 1 atom stereocenters. The Morgan fingerprint density at radius 3 is 2.80 bits per heavy atom. The highest BCUT2D eigenvalue weighted by molar-refractivity contribution is 5.90. The standard InChI is InChI=1S/C15H19NO4/c1-3-20-15(19)11-4-5-12(13(17)7-11)9-16-8-10(2)6-14(16)18/h4-5,7,10,17H,3,6,8-9H2,1-2H3. The molecule has 0 aromatic heterocycles. The fourth-order valence-electron chi connectivity index (χ4n) is 2.37. The highest BCUT2D eigenvalue weighted by Gasteiger charge is 2.27. The van der Waals surface area contributed by atoms with Crippen LogP contribution in [0.1, 0.15) is 36.2 Å². The number of phenols is 1. The van der Waals surface area contributed by atoms with Gasteiger partial charge in [-0.1, -0.05) is 13.0 Å². The second-order valence-corrected chi connectivity index (χ2v) is 5.15. The zero-order valence-electron chi connectivity index (χ0n) is 11.8. The van der Waals surface area contributed by atoms with Gasteiger partial charge in [0.05, 0.1) is 12.2 Å². The van der Waals surface area contributed by atoms with E-state index >= 15 is 0 Å². The molecule has 5 heteroatoms. The molecule has 1 aliphatic heterocycles. The van der Waals surface area contributed by atoms with Crippen molar-refractivity contribution in [3.05, 3.63) is 29.3 Å². The summed E-state index contributed by atoms with van der Waals surface area (Å²) in [6.07, 6.45) is 0.557. The van der Waals surface area contributed by atoms with Crippen molar-refractivity contribution in [1.82, 2.24) is 4.90 Å². The summed E-state index contributed by atoms with van der Waals surface area (Å²) in [6, 6.07) is 4.66. The monoisotopic (exact) mass is 277 g/mol. The average molecular weight is 277 g/mol. The zero-order chi connectivity index (χ0) is 14.7. The van der Waals surface area contributed by atoms with Crippen molar-refractivity contribution in [3.8, 4) is 5.75 Å². The van der Waals surface area contributed by atoms with Crippen LogP contribution < -0.4 is 0 Å². The van der Waals surface area contributed by atoms with Gasteiger partial charge >= 0.3 is 5.97 Å². The van der Waals surface area contributed by atoms with E-state index in [2.05, 4.69) is 0 Å². The molecule has 0 spiro atoms. The van der Waals surface area contributed by atoms with E-state index in [4.69, 9.17) is 4.74 Å². The number of hydrogen-bond acceptors (Lipinski definition) is 4. The van der Waals surface area contributed by atoms with Gasteiger partial charge in [-0.05, 0) is 25.0 Å². The Morgan fingerprint density at radius 2 is 2.25 bits per heavy atom. The van der Waals surface area contributed by atoms with E-state index in [-0.39, 0.29) is 11.7 Å². The number of aromatic hydroxyl groups is 1. The summed E-state index contributed by atoms with van der Waals surface area (Å²) in [5, 5.41) is 9.98. The maximum atomic E-state index is 11.7. The Bertz CT molecular complexity index is 527. The first-order chi connectivity index (χ1) is 9.51. The van der Waals surface area contributed by atoms with Gasteiger partial charge in [-0.25, -0.2) is 4.79 Å². The number of carbonyl (C=O) groups is 2. The minimum Gasteiger partial charge on any atom is -0.508 e. The summed E-state index contributed by atoms with van der Waals surface area (Å²) in [5.41, 5.74) is 0.953. The number of hydrogen-bond donors (Lipinski definition) is 1. The third-order valence-electron chi connectivity index (χ3n) is 3.37. The molecule has 1 aliphatic rings. The summed E-state index contributed by atoms with van der Waals surface area (Å²) in [5.74, 6) is 0.0120. The molecule has 1 unspecified atom stereocenters. The van der Waals surface area contributed by atoms with E-state index in [1.54, 1.807) is 24.0 Å². The van der Waals surface area contributed by atoms with Gasteiger partial charge < -0.3 is 14.7 Å². The van der Waals surface area contributed by atoms with Gasteiger partial charge in [0, 0.05) is 25.1 Å². The number of benzene rings is 1. The van der Waals surface area contributed by atoms with Gasteiger partial charge in [-0.3, -0.25) is 4.79 Å². The number of carbonyl (C=O) groups excluding carboxylic acids is 2. The van der Waals surface area contributed by atoms with Crippen molar-refractivity contribution in [2.24, 2.45) is 5.92 Å². The number of ether oxygens (including phenoxy) is 1. The number of amides is 1. The van der Waals surface area contributed by atoms with Crippen molar-refractivity contribution >= 4 is 11.9 Å². The molecule has 1 heterocycles. The van der Waals surface area contributed by atoms with Crippen LogP contribution in [0, 0.1) is 5.92 Å². The Hall–Kier alpha value is -2.04. The van der Waals surface area contributed by atoms with E-state index < -0.39 is 5.97 Å². The highest BCUT2D eigenvalue weighted by Crippen LogP contribution is 2.25. The van der Waals surface area contributed by atoms with E-state index in [1.165, 1.54) is 6.07 Å². The zero-order valence-corrected chi connectivity index (χ0v) is 11.8.